The zero-order valence-electron chi connectivity index (χ0n) is 15.6. The molecule has 1 fully saturated rings. The number of aryl methyl sites for hydroxylation is 1. The van der Waals surface area contributed by atoms with E-state index >= 15 is 0 Å². The number of hydrogen-bond acceptors (Lipinski definition) is 7. The van der Waals surface area contributed by atoms with Gasteiger partial charge in [0.2, 0.25) is 11.8 Å². The molecule has 140 valence electrons. The van der Waals surface area contributed by atoms with Crippen LogP contribution in [0, 0.1) is 6.92 Å². The summed E-state index contributed by atoms with van der Waals surface area (Å²) < 4.78 is 5.93. The van der Waals surface area contributed by atoms with Gasteiger partial charge in [0.15, 0.2) is 0 Å². The fourth-order valence-electron chi connectivity index (χ4n) is 3.20. The molecule has 0 saturated carbocycles. The second kappa shape index (κ2) is 8.10. The molecule has 3 heterocycles. The van der Waals surface area contributed by atoms with Crippen molar-refractivity contribution in [3.8, 4) is 11.5 Å². The van der Waals surface area contributed by atoms with Crippen LogP contribution in [-0.4, -0.2) is 52.3 Å². The minimum atomic E-state index is 0.700. The molecule has 1 aromatic carbocycles. The van der Waals surface area contributed by atoms with Gasteiger partial charge in [-0.05, 0) is 43.5 Å². The van der Waals surface area contributed by atoms with Crippen molar-refractivity contribution in [2.75, 3.05) is 37.3 Å². The Morgan fingerprint density at radius 3 is 2.41 bits per heavy atom. The van der Waals surface area contributed by atoms with Gasteiger partial charge >= 0.3 is 0 Å². The van der Waals surface area contributed by atoms with E-state index in [1.807, 2.05) is 13.0 Å². The topological polar surface area (TPSA) is 58.3 Å². The summed E-state index contributed by atoms with van der Waals surface area (Å²) in [7, 11) is 0. The van der Waals surface area contributed by atoms with Crippen LogP contribution in [0.3, 0.4) is 0 Å². The van der Waals surface area contributed by atoms with Crippen LogP contribution in [0.1, 0.15) is 11.5 Å². The van der Waals surface area contributed by atoms with Crippen molar-refractivity contribution < 1.29 is 4.42 Å². The number of benzene rings is 1. The van der Waals surface area contributed by atoms with E-state index in [2.05, 4.69) is 50.3 Å². The lowest BCUT2D eigenvalue weighted by Gasteiger charge is -2.34. The summed E-state index contributed by atoms with van der Waals surface area (Å²) in [5.74, 6) is 2.41. The molecule has 1 aliphatic rings. The molecule has 0 atom stereocenters. The van der Waals surface area contributed by atoms with Crippen LogP contribution < -0.4 is 4.90 Å². The highest BCUT2D eigenvalue weighted by Gasteiger charge is 2.21. The number of nitrogens with zero attached hydrogens (tertiary/aromatic N) is 5. The van der Waals surface area contributed by atoms with E-state index in [4.69, 9.17) is 9.40 Å². The van der Waals surface area contributed by atoms with Gasteiger partial charge in [0.1, 0.15) is 5.76 Å². The molecule has 0 amide bonds. The molecule has 0 aliphatic carbocycles. The Labute approximate surface area is 163 Å². The number of hydrogen-bond donors (Lipinski definition) is 0. The first kappa shape index (κ1) is 18.0. The first-order valence-electron chi connectivity index (χ1n) is 9.08. The van der Waals surface area contributed by atoms with Crippen molar-refractivity contribution in [3.05, 3.63) is 54.2 Å². The largest absolute Gasteiger partial charge is 0.441 e. The Kier molecular flexibility index (Phi) is 5.40. The summed E-state index contributed by atoms with van der Waals surface area (Å²) in [4.78, 5) is 19.3. The summed E-state index contributed by atoms with van der Waals surface area (Å²) in [6.45, 7) is 6.57. The third kappa shape index (κ3) is 4.14. The van der Waals surface area contributed by atoms with Gasteiger partial charge in [-0.3, -0.25) is 4.90 Å². The predicted octanol–water partition coefficient (Wildman–Crippen LogP) is 3.48. The number of rotatable bonds is 5. The Balaban J connectivity index is 1.39. The fourth-order valence-corrected chi connectivity index (χ4v) is 3.61. The second-order valence-corrected chi connectivity index (χ2v) is 7.44. The molecule has 1 aliphatic heterocycles. The van der Waals surface area contributed by atoms with Gasteiger partial charge in [0.25, 0.3) is 0 Å². The third-order valence-electron chi connectivity index (χ3n) is 4.81. The number of aromatic nitrogens is 3. The maximum atomic E-state index is 5.93. The smallest absolute Gasteiger partial charge is 0.226 e. The minimum absolute atomic E-state index is 0.700. The van der Waals surface area contributed by atoms with Crippen molar-refractivity contribution in [1.29, 1.82) is 0 Å². The molecule has 0 N–H and O–H groups in total. The van der Waals surface area contributed by atoms with E-state index in [1.165, 1.54) is 4.90 Å². The van der Waals surface area contributed by atoms with E-state index in [1.54, 1.807) is 24.2 Å². The fraction of sp³-hybridized carbons (Fsp3) is 0.350. The van der Waals surface area contributed by atoms with Crippen LogP contribution in [0.5, 0.6) is 0 Å². The van der Waals surface area contributed by atoms with E-state index < -0.39 is 0 Å². The first-order valence-corrected chi connectivity index (χ1v) is 10.3. The molecular weight excluding hydrogens is 358 g/mol. The van der Waals surface area contributed by atoms with Gasteiger partial charge in [0, 0.05) is 55.6 Å². The van der Waals surface area contributed by atoms with Gasteiger partial charge in [-0.25, -0.2) is 15.0 Å². The molecule has 6 nitrogen and oxygen atoms in total. The third-order valence-corrected chi connectivity index (χ3v) is 5.55. The first-order chi connectivity index (χ1) is 13.2. The quantitative estimate of drug-likeness (QED) is 0.627. The van der Waals surface area contributed by atoms with Gasteiger partial charge < -0.3 is 9.32 Å². The van der Waals surface area contributed by atoms with Crippen molar-refractivity contribution in [3.63, 3.8) is 0 Å². The minimum Gasteiger partial charge on any atom is -0.441 e. The average Bonchev–Trinajstić information content (AvgIpc) is 3.09. The molecule has 27 heavy (non-hydrogen) atoms. The summed E-state index contributed by atoms with van der Waals surface area (Å²) in [6.07, 6.45) is 5.66. The molecule has 3 aromatic rings. The van der Waals surface area contributed by atoms with E-state index in [9.17, 15) is 0 Å². The number of anilines is 1. The van der Waals surface area contributed by atoms with Crippen LogP contribution in [-0.2, 0) is 6.54 Å². The zero-order chi connectivity index (χ0) is 18.6. The molecular formula is C20H23N5OS. The summed E-state index contributed by atoms with van der Waals surface area (Å²) in [5, 5.41) is 0. The predicted molar refractivity (Wildman–Crippen MR) is 108 cm³/mol. The summed E-state index contributed by atoms with van der Waals surface area (Å²) in [6, 6.07) is 10.2. The Bertz CT molecular complexity index is 873. The van der Waals surface area contributed by atoms with Gasteiger partial charge in [-0.1, -0.05) is 0 Å². The number of thioether (sulfide) groups is 1. The van der Waals surface area contributed by atoms with Gasteiger partial charge in [-0.2, -0.15) is 0 Å². The highest BCUT2D eigenvalue weighted by atomic mass is 32.2. The number of oxazole rings is 1. The summed E-state index contributed by atoms with van der Waals surface area (Å²) in [5.41, 5.74) is 2.04. The van der Waals surface area contributed by atoms with Crippen LogP contribution in [0.4, 0.5) is 5.95 Å². The lowest BCUT2D eigenvalue weighted by molar-refractivity contribution is 0.245. The molecule has 0 unspecified atom stereocenters. The zero-order valence-corrected chi connectivity index (χ0v) is 16.4. The van der Waals surface area contributed by atoms with E-state index in [0.29, 0.717) is 5.89 Å². The lowest BCUT2D eigenvalue weighted by atomic mass is 10.2. The Morgan fingerprint density at radius 1 is 1.04 bits per heavy atom. The van der Waals surface area contributed by atoms with Crippen LogP contribution in [0.25, 0.3) is 11.5 Å². The Morgan fingerprint density at radius 2 is 1.74 bits per heavy atom. The molecule has 4 rings (SSSR count). The van der Waals surface area contributed by atoms with Gasteiger partial charge in [-0.15, -0.1) is 11.8 Å². The molecule has 1 saturated heterocycles. The Hall–Kier alpha value is -2.38. The second-order valence-electron chi connectivity index (χ2n) is 6.56. The van der Waals surface area contributed by atoms with Crippen molar-refractivity contribution >= 4 is 17.7 Å². The van der Waals surface area contributed by atoms with Gasteiger partial charge in [0.05, 0.1) is 5.69 Å². The molecule has 0 radical (unpaired) electrons. The van der Waals surface area contributed by atoms with E-state index in [0.717, 1.165) is 55.7 Å². The molecule has 0 spiro atoms. The average molecular weight is 382 g/mol. The maximum Gasteiger partial charge on any atom is 0.226 e. The standard InChI is InChI=1S/C20H23N5OS/c1-15-18(23-19(26-15)16-4-6-17(27-2)7-5-16)14-24-10-12-25(13-11-24)20-21-8-3-9-22-20/h3-9H,10-14H2,1-2H3. The molecule has 0 bridgehead atoms. The van der Waals surface area contributed by atoms with Crippen molar-refractivity contribution in [2.45, 2.75) is 18.4 Å². The maximum absolute atomic E-state index is 5.93. The van der Waals surface area contributed by atoms with Crippen molar-refractivity contribution in [2.24, 2.45) is 0 Å². The normalized spacial score (nSPS) is 15.3. The molecule has 7 heteroatoms. The van der Waals surface area contributed by atoms with E-state index in [-0.39, 0.29) is 0 Å². The molecule has 2 aromatic heterocycles. The lowest BCUT2D eigenvalue weighted by Crippen LogP contribution is -2.46. The monoisotopic (exact) mass is 381 g/mol. The van der Waals surface area contributed by atoms with Crippen LogP contribution >= 0.6 is 11.8 Å². The van der Waals surface area contributed by atoms with Crippen molar-refractivity contribution in [1.82, 2.24) is 19.9 Å². The van der Waals surface area contributed by atoms with Crippen LogP contribution in [0.2, 0.25) is 0 Å². The SMILES string of the molecule is CSc1ccc(-c2nc(CN3CCN(c4ncccn4)CC3)c(C)o2)cc1. The summed E-state index contributed by atoms with van der Waals surface area (Å²) >= 11 is 1.73. The highest BCUT2D eigenvalue weighted by Crippen LogP contribution is 2.25. The highest BCUT2D eigenvalue weighted by molar-refractivity contribution is 7.98. The number of piperazine rings is 1. The van der Waals surface area contributed by atoms with Crippen LogP contribution in [0.15, 0.2) is 52.0 Å².